The number of carbonyl (C=O) groups is 1. The van der Waals surface area contributed by atoms with E-state index in [-0.39, 0.29) is 10.6 Å². The summed E-state index contributed by atoms with van der Waals surface area (Å²) in [4.78, 5) is 20.0. The number of carbonyl (C=O) groups excluding carboxylic acids is 1. The number of rotatable bonds is 5. The Morgan fingerprint density at radius 2 is 1.85 bits per heavy atom. The van der Waals surface area contributed by atoms with Gasteiger partial charge in [0, 0.05) is 20.8 Å². The average molecular weight is 469 g/mol. The summed E-state index contributed by atoms with van der Waals surface area (Å²) in [5.74, 6) is -0.328. The van der Waals surface area contributed by atoms with Crippen molar-refractivity contribution >= 4 is 43.5 Å². The van der Waals surface area contributed by atoms with Crippen LogP contribution in [0.1, 0.15) is 23.1 Å². The highest BCUT2D eigenvalue weighted by atomic mass is 79.9. The fourth-order valence-corrected chi connectivity index (χ4v) is 4.57. The number of amides is 1. The van der Waals surface area contributed by atoms with Crippen molar-refractivity contribution in [1.82, 2.24) is 14.7 Å². The summed E-state index contributed by atoms with van der Waals surface area (Å²) in [7, 11) is -4.04. The molecule has 0 spiro atoms. The molecule has 3 aromatic rings. The van der Waals surface area contributed by atoms with Gasteiger partial charge in [0.2, 0.25) is 0 Å². The number of hydrogen-bond donors (Lipinski definition) is 2. The number of nitrogens with one attached hydrogen (secondary N) is 2. The van der Waals surface area contributed by atoms with Crippen molar-refractivity contribution in [3.63, 3.8) is 0 Å². The fraction of sp³-hybridized carbons (Fsp3) is 0.111. The number of aromatic amines is 1. The summed E-state index contributed by atoms with van der Waals surface area (Å²) in [5, 5.41) is 0.582. The number of hydrogen-bond acceptors (Lipinski definition) is 4. The molecule has 1 heterocycles. The molecule has 2 N–H and O–H groups in total. The largest absolute Gasteiger partial charge is 0.341 e. The van der Waals surface area contributed by atoms with Crippen LogP contribution >= 0.6 is 27.5 Å². The van der Waals surface area contributed by atoms with Crippen molar-refractivity contribution in [2.45, 2.75) is 18.2 Å². The van der Waals surface area contributed by atoms with E-state index in [4.69, 9.17) is 11.6 Å². The maximum absolute atomic E-state index is 12.6. The molecule has 0 unspecified atom stereocenters. The summed E-state index contributed by atoms with van der Waals surface area (Å²) < 4.78 is 27.5. The first-order valence-electron chi connectivity index (χ1n) is 7.98. The number of imidazole rings is 1. The number of benzene rings is 2. The standard InChI is InChI=1S/C18H15BrClN3O3S/c1-2-14-16(22-17(21-14)11-7-9-12(20)10-8-11)18(24)23-27(25,26)15-6-4-3-5-13(15)19/h3-10H,2H2,1H3,(H,21,22)(H,23,24). The zero-order valence-electron chi connectivity index (χ0n) is 14.2. The van der Waals surface area contributed by atoms with E-state index < -0.39 is 15.9 Å². The predicted molar refractivity (Wildman–Crippen MR) is 107 cm³/mol. The van der Waals surface area contributed by atoms with Gasteiger partial charge < -0.3 is 4.98 Å². The molecule has 1 aromatic heterocycles. The fourth-order valence-electron chi connectivity index (χ4n) is 2.49. The second-order valence-corrected chi connectivity index (χ2v) is 8.58. The molecule has 0 radical (unpaired) electrons. The van der Waals surface area contributed by atoms with Crippen molar-refractivity contribution in [2.24, 2.45) is 0 Å². The normalized spacial score (nSPS) is 11.4. The molecular weight excluding hydrogens is 454 g/mol. The molecule has 0 atom stereocenters. The van der Waals surface area contributed by atoms with E-state index in [0.29, 0.717) is 27.4 Å². The van der Waals surface area contributed by atoms with Crippen LogP contribution in [-0.2, 0) is 16.4 Å². The van der Waals surface area contributed by atoms with Gasteiger partial charge in [-0.25, -0.2) is 18.1 Å². The number of aryl methyl sites for hydroxylation is 1. The molecule has 0 saturated heterocycles. The van der Waals surface area contributed by atoms with E-state index in [1.807, 2.05) is 6.92 Å². The second kappa shape index (κ2) is 7.84. The highest BCUT2D eigenvalue weighted by Crippen LogP contribution is 2.23. The van der Waals surface area contributed by atoms with E-state index in [1.54, 1.807) is 42.5 Å². The molecule has 0 aliphatic heterocycles. The van der Waals surface area contributed by atoms with Gasteiger partial charge in [0.1, 0.15) is 10.7 Å². The second-order valence-electron chi connectivity index (χ2n) is 5.64. The molecule has 6 nitrogen and oxygen atoms in total. The van der Waals surface area contributed by atoms with E-state index in [1.165, 1.54) is 6.07 Å². The Kier molecular flexibility index (Phi) is 5.69. The number of H-pyrrole nitrogens is 1. The summed E-state index contributed by atoms with van der Waals surface area (Å²) in [6, 6.07) is 13.2. The van der Waals surface area contributed by atoms with Crippen LogP contribution in [0.4, 0.5) is 0 Å². The molecule has 0 fully saturated rings. The van der Waals surface area contributed by atoms with Gasteiger partial charge in [-0.1, -0.05) is 30.7 Å². The molecule has 3 rings (SSSR count). The van der Waals surface area contributed by atoms with E-state index in [0.717, 1.165) is 5.56 Å². The molecule has 9 heteroatoms. The molecule has 140 valence electrons. The topological polar surface area (TPSA) is 91.9 Å². The molecule has 0 aliphatic carbocycles. The third-order valence-corrected chi connectivity index (χ3v) is 6.41. The van der Waals surface area contributed by atoms with Gasteiger partial charge >= 0.3 is 0 Å². The molecule has 0 aliphatic rings. The van der Waals surface area contributed by atoms with E-state index in [2.05, 4.69) is 30.6 Å². The Labute approximate surface area is 170 Å². The van der Waals surface area contributed by atoms with Crippen molar-refractivity contribution in [2.75, 3.05) is 0 Å². The first-order valence-corrected chi connectivity index (χ1v) is 10.6. The Hall–Kier alpha value is -2.16. The summed E-state index contributed by atoms with van der Waals surface area (Å²) in [6.07, 6.45) is 0.485. The van der Waals surface area contributed by atoms with Crippen molar-refractivity contribution < 1.29 is 13.2 Å². The summed E-state index contributed by atoms with van der Waals surface area (Å²) in [5.41, 5.74) is 1.32. The SMILES string of the molecule is CCc1[nH]c(-c2ccc(Cl)cc2)nc1C(=O)NS(=O)(=O)c1ccccc1Br. The first kappa shape index (κ1) is 19.6. The van der Waals surface area contributed by atoms with Crippen LogP contribution in [-0.4, -0.2) is 24.3 Å². The number of sulfonamides is 1. The minimum Gasteiger partial charge on any atom is -0.341 e. The van der Waals surface area contributed by atoms with Gasteiger partial charge in [0.15, 0.2) is 5.69 Å². The lowest BCUT2D eigenvalue weighted by atomic mass is 10.2. The van der Waals surface area contributed by atoms with Crippen molar-refractivity contribution in [3.8, 4) is 11.4 Å². The maximum atomic E-state index is 12.6. The zero-order chi connectivity index (χ0) is 19.6. The van der Waals surface area contributed by atoms with Gasteiger partial charge in [-0.05, 0) is 58.7 Å². The third-order valence-electron chi connectivity index (χ3n) is 3.82. The summed E-state index contributed by atoms with van der Waals surface area (Å²) in [6.45, 7) is 1.85. The minimum absolute atomic E-state index is 0.0233. The first-order chi connectivity index (χ1) is 12.8. The Morgan fingerprint density at radius 1 is 1.19 bits per heavy atom. The highest BCUT2D eigenvalue weighted by molar-refractivity contribution is 9.10. The van der Waals surface area contributed by atoms with Gasteiger partial charge in [0.25, 0.3) is 15.9 Å². The van der Waals surface area contributed by atoms with E-state index >= 15 is 0 Å². The number of aromatic nitrogens is 2. The van der Waals surface area contributed by atoms with Crippen LogP contribution in [0.25, 0.3) is 11.4 Å². The monoisotopic (exact) mass is 467 g/mol. The predicted octanol–water partition coefficient (Wildman–Crippen LogP) is 4.17. The number of halogens is 2. The van der Waals surface area contributed by atoms with Gasteiger partial charge in [0.05, 0.1) is 0 Å². The van der Waals surface area contributed by atoms with E-state index in [9.17, 15) is 13.2 Å². The van der Waals surface area contributed by atoms with Crippen LogP contribution in [0.3, 0.4) is 0 Å². The smallest absolute Gasteiger partial charge is 0.285 e. The molecular formula is C18H15BrClN3O3S. The average Bonchev–Trinajstić information content (AvgIpc) is 3.07. The van der Waals surface area contributed by atoms with Crippen molar-refractivity contribution in [3.05, 3.63) is 69.4 Å². The Morgan fingerprint density at radius 3 is 2.48 bits per heavy atom. The molecule has 1 amide bonds. The van der Waals surface area contributed by atoms with Crippen molar-refractivity contribution in [1.29, 1.82) is 0 Å². The third kappa shape index (κ3) is 4.23. The van der Waals surface area contributed by atoms with Crippen LogP contribution in [0.15, 0.2) is 57.9 Å². The number of nitrogens with zero attached hydrogens (tertiary/aromatic N) is 1. The Balaban J connectivity index is 1.93. The zero-order valence-corrected chi connectivity index (χ0v) is 17.3. The lowest BCUT2D eigenvalue weighted by Gasteiger charge is -2.08. The molecule has 0 saturated carbocycles. The lowest BCUT2D eigenvalue weighted by molar-refractivity contribution is 0.0976. The highest BCUT2D eigenvalue weighted by Gasteiger charge is 2.24. The summed E-state index contributed by atoms with van der Waals surface area (Å²) >= 11 is 9.08. The molecule has 2 aromatic carbocycles. The van der Waals surface area contributed by atoms with Crippen LogP contribution in [0.5, 0.6) is 0 Å². The van der Waals surface area contributed by atoms with Gasteiger partial charge in [-0.3, -0.25) is 4.79 Å². The minimum atomic E-state index is -4.04. The molecule has 27 heavy (non-hydrogen) atoms. The van der Waals surface area contributed by atoms with Crippen LogP contribution < -0.4 is 4.72 Å². The maximum Gasteiger partial charge on any atom is 0.285 e. The van der Waals surface area contributed by atoms with Crippen LogP contribution in [0.2, 0.25) is 5.02 Å². The Bertz CT molecular complexity index is 1100. The van der Waals surface area contributed by atoms with Crippen LogP contribution in [0, 0.1) is 0 Å². The lowest BCUT2D eigenvalue weighted by Crippen LogP contribution is -2.31. The van der Waals surface area contributed by atoms with Gasteiger partial charge in [-0.2, -0.15) is 0 Å². The van der Waals surface area contributed by atoms with Gasteiger partial charge in [-0.15, -0.1) is 0 Å². The molecule has 0 bridgehead atoms. The quantitative estimate of drug-likeness (QED) is 0.588.